The van der Waals surface area contributed by atoms with E-state index in [4.69, 9.17) is 9.84 Å². The minimum Gasteiger partial charge on any atom is -0.496 e. The van der Waals surface area contributed by atoms with Gasteiger partial charge in [-0.15, -0.1) is 11.3 Å². The molecule has 0 saturated heterocycles. The largest absolute Gasteiger partial charge is 0.496 e. The zero-order valence-electron chi connectivity index (χ0n) is 8.95. The van der Waals surface area contributed by atoms with Gasteiger partial charge in [-0.2, -0.15) is 0 Å². The second-order valence-corrected chi connectivity index (χ2v) is 5.17. The number of nitrogens with one attached hydrogen (secondary N) is 1. The third-order valence-electron chi connectivity index (χ3n) is 3.00. The molecule has 0 amide bonds. The van der Waals surface area contributed by atoms with E-state index in [2.05, 4.69) is 5.32 Å². The molecule has 0 radical (unpaired) electrons. The standard InChI is InChI=1S/C11H17NO2S/c1-14-9-2-5-15-10(9)6-12-7-11(8-13)3-4-11/h2,5,12-13H,3-4,6-8H2,1H3. The number of thiophene rings is 1. The number of aliphatic hydroxyl groups is 1. The van der Waals surface area contributed by atoms with Crippen LogP contribution in [0.3, 0.4) is 0 Å². The van der Waals surface area contributed by atoms with E-state index in [9.17, 15) is 0 Å². The van der Waals surface area contributed by atoms with Gasteiger partial charge in [-0.05, 0) is 24.3 Å². The van der Waals surface area contributed by atoms with Crippen molar-refractivity contribution in [3.05, 3.63) is 16.3 Å². The van der Waals surface area contributed by atoms with Crippen LogP contribution in [-0.4, -0.2) is 25.4 Å². The highest BCUT2D eigenvalue weighted by Gasteiger charge is 2.41. The van der Waals surface area contributed by atoms with Crippen molar-refractivity contribution in [2.75, 3.05) is 20.3 Å². The fraction of sp³-hybridized carbons (Fsp3) is 0.636. The minimum atomic E-state index is 0.185. The van der Waals surface area contributed by atoms with Crippen molar-refractivity contribution in [3.63, 3.8) is 0 Å². The quantitative estimate of drug-likeness (QED) is 0.776. The lowest BCUT2D eigenvalue weighted by Crippen LogP contribution is -2.25. The first kappa shape index (κ1) is 10.9. The molecule has 0 spiro atoms. The van der Waals surface area contributed by atoms with Gasteiger partial charge in [-0.1, -0.05) is 0 Å². The van der Waals surface area contributed by atoms with Crippen LogP contribution in [0.15, 0.2) is 11.4 Å². The minimum absolute atomic E-state index is 0.185. The molecule has 1 aliphatic carbocycles. The number of hydrogen-bond acceptors (Lipinski definition) is 4. The Balaban J connectivity index is 1.78. The molecular weight excluding hydrogens is 210 g/mol. The van der Waals surface area contributed by atoms with Crippen LogP contribution >= 0.6 is 11.3 Å². The zero-order chi connectivity index (χ0) is 10.7. The molecule has 1 heterocycles. The van der Waals surface area contributed by atoms with Crippen LogP contribution in [-0.2, 0) is 6.54 Å². The first-order chi connectivity index (χ1) is 7.29. The molecule has 1 aromatic heterocycles. The Morgan fingerprint density at radius 1 is 1.60 bits per heavy atom. The van der Waals surface area contributed by atoms with E-state index < -0.39 is 0 Å². The molecule has 1 aliphatic rings. The SMILES string of the molecule is COc1ccsc1CNCC1(CO)CC1. The highest BCUT2D eigenvalue weighted by Crippen LogP contribution is 2.44. The molecule has 1 saturated carbocycles. The maximum absolute atomic E-state index is 9.15. The third kappa shape index (κ3) is 2.51. The lowest BCUT2D eigenvalue weighted by atomic mass is 10.1. The van der Waals surface area contributed by atoms with Crippen molar-refractivity contribution in [2.45, 2.75) is 19.4 Å². The van der Waals surface area contributed by atoms with E-state index >= 15 is 0 Å². The summed E-state index contributed by atoms with van der Waals surface area (Å²) < 4.78 is 5.23. The Labute approximate surface area is 94.1 Å². The van der Waals surface area contributed by atoms with Crippen LogP contribution in [0, 0.1) is 5.41 Å². The Morgan fingerprint density at radius 3 is 3.00 bits per heavy atom. The van der Waals surface area contributed by atoms with Gasteiger partial charge in [0.2, 0.25) is 0 Å². The lowest BCUT2D eigenvalue weighted by molar-refractivity contribution is 0.207. The number of aliphatic hydroxyl groups excluding tert-OH is 1. The molecule has 0 aliphatic heterocycles. The highest BCUT2D eigenvalue weighted by molar-refractivity contribution is 7.10. The molecular formula is C11H17NO2S. The van der Waals surface area contributed by atoms with Gasteiger partial charge < -0.3 is 15.2 Å². The summed E-state index contributed by atoms with van der Waals surface area (Å²) in [6.07, 6.45) is 2.30. The third-order valence-corrected chi connectivity index (χ3v) is 3.90. The molecule has 2 rings (SSSR count). The average molecular weight is 227 g/mol. The summed E-state index contributed by atoms with van der Waals surface area (Å²) in [5.41, 5.74) is 0.185. The molecule has 0 aromatic carbocycles. The summed E-state index contributed by atoms with van der Waals surface area (Å²) in [5, 5.41) is 14.6. The Hall–Kier alpha value is -0.580. The summed E-state index contributed by atoms with van der Waals surface area (Å²) in [7, 11) is 1.70. The van der Waals surface area contributed by atoms with Crippen LogP contribution in [0.4, 0.5) is 0 Å². The summed E-state index contributed by atoms with van der Waals surface area (Å²) in [4.78, 5) is 1.23. The number of rotatable bonds is 6. The summed E-state index contributed by atoms with van der Waals surface area (Å²) >= 11 is 1.70. The van der Waals surface area contributed by atoms with Gasteiger partial charge in [0.1, 0.15) is 5.75 Å². The zero-order valence-corrected chi connectivity index (χ0v) is 9.77. The van der Waals surface area contributed by atoms with Crippen LogP contribution in [0.5, 0.6) is 5.75 Å². The molecule has 15 heavy (non-hydrogen) atoms. The second kappa shape index (κ2) is 4.51. The molecule has 1 fully saturated rings. The number of hydrogen-bond donors (Lipinski definition) is 2. The molecule has 0 atom stereocenters. The normalized spacial score (nSPS) is 17.7. The predicted octanol–water partition coefficient (Wildman–Crippen LogP) is 1.62. The monoisotopic (exact) mass is 227 g/mol. The molecule has 84 valence electrons. The van der Waals surface area contributed by atoms with E-state index in [1.54, 1.807) is 18.4 Å². The average Bonchev–Trinajstić information content (AvgIpc) is 2.90. The van der Waals surface area contributed by atoms with Crippen molar-refractivity contribution >= 4 is 11.3 Å². The van der Waals surface area contributed by atoms with E-state index in [1.807, 2.05) is 11.4 Å². The van der Waals surface area contributed by atoms with Crippen LogP contribution in [0.25, 0.3) is 0 Å². The van der Waals surface area contributed by atoms with Crippen molar-refractivity contribution in [1.29, 1.82) is 0 Å². The van der Waals surface area contributed by atoms with Gasteiger partial charge in [0.15, 0.2) is 0 Å². The molecule has 2 N–H and O–H groups in total. The smallest absolute Gasteiger partial charge is 0.134 e. The predicted molar refractivity (Wildman–Crippen MR) is 61.3 cm³/mol. The van der Waals surface area contributed by atoms with Crippen molar-refractivity contribution < 1.29 is 9.84 Å². The second-order valence-electron chi connectivity index (χ2n) is 4.17. The Morgan fingerprint density at radius 2 is 2.40 bits per heavy atom. The van der Waals surface area contributed by atoms with Crippen LogP contribution in [0.1, 0.15) is 17.7 Å². The maximum atomic E-state index is 9.15. The van der Waals surface area contributed by atoms with Crippen LogP contribution in [0.2, 0.25) is 0 Å². The number of ether oxygens (including phenoxy) is 1. The fourth-order valence-electron chi connectivity index (χ4n) is 1.65. The topological polar surface area (TPSA) is 41.5 Å². The summed E-state index contributed by atoms with van der Waals surface area (Å²) in [6.45, 7) is 2.05. The van der Waals surface area contributed by atoms with Gasteiger partial charge in [0.25, 0.3) is 0 Å². The van der Waals surface area contributed by atoms with Crippen molar-refractivity contribution in [3.8, 4) is 5.75 Å². The molecule has 4 heteroatoms. The molecule has 3 nitrogen and oxygen atoms in total. The summed E-state index contributed by atoms with van der Waals surface area (Å²) in [6, 6.07) is 1.99. The van der Waals surface area contributed by atoms with E-state index in [0.717, 1.165) is 31.7 Å². The number of methoxy groups -OCH3 is 1. The van der Waals surface area contributed by atoms with E-state index in [1.165, 1.54) is 4.88 Å². The van der Waals surface area contributed by atoms with Crippen LogP contribution < -0.4 is 10.1 Å². The van der Waals surface area contributed by atoms with E-state index in [-0.39, 0.29) is 5.41 Å². The van der Waals surface area contributed by atoms with Gasteiger partial charge in [-0.25, -0.2) is 0 Å². The Bertz CT molecular complexity index is 320. The first-order valence-electron chi connectivity index (χ1n) is 5.22. The maximum Gasteiger partial charge on any atom is 0.134 e. The van der Waals surface area contributed by atoms with Gasteiger partial charge in [0, 0.05) is 25.1 Å². The molecule has 0 unspecified atom stereocenters. The van der Waals surface area contributed by atoms with Gasteiger partial charge in [-0.3, -0.25) is 0 Å². The first-order valence-corrected chi connectivity index (χ1v) is 6.09. The van der Waals surface area contributed by atoms with Crippen molar-refractivity contribution in [1.82, 2.24) is 5.32 Å². The fourth-order valence-corrected chi connectivity index (χ4v) is 2.46. The van der Waals surface area contributed by atoms with Gasteiger partial charge in [0.05, 0.1) is 12.0 Å². The Kier molecular flexibility index (Phi) is 3.29. The summed E-state index contributed by atoms with van der Waals surface area (Å²) in [5.74, 6) is 0.960. The molecule has 0 bridgehead atoms. The lowest BCUT2D eigenvalue weighted by Gasteiger charge is -2.12. The van der Waals surface area contributed by atoms with Gasteiger partial charge >= 0.3 is 0 Å². The highest BCUT2D eigenvalue weighted by atomic mass is 32.1. The van der Waals surface area contributed by atoms with E-state index in [0.29, 0.717) is 6.61 Å². The molecule has 1 aromatic rings. The van der Waals surface area contributed by atoms with Crippen molar-refractivity contribution in [2.24, 2.45) is 5.41 Å².